The standard InChI is InChI=1S/C10H18N2O2/c1-7(2)6-12-8-5-11-4-3-9(8)14-10(12)13/h7-9,11H,3-6H2,1-2H3. The van der Waals surface area contributed by atoms with Crippen LogP contribution in [0.5, 0.6) is 0 Å². The van der Waals surface area contributed by atoms with Crippen molar-refractivity contribution in [1.29, 1.82) is 0 Å². The Hall–Kier alpha value is -0.770. The number of amides is 1. The lowest BCUT2D eigenvalue weighted by molar-refractivity contribution is 0.117. The third-order valence-corrected chi connectivity index (χ3v) is 2.84. The fraction of sp³-hybridized carbons (Fsp3) is 0.900. The van der Waals surface area contributed by atoms with Crippen molar-refractivity contribution >= 4 is 6.09 Å². The molecule has 0 aromatic carbocycles. The molecule has 0 aliphatic carbocycles. The first-order chi connectivity index (χ1) is 6.68. The van der Waals surface area contributed by atoms with E-state index >= 15 is 0 Å². The molecule has 14 heavy (non-hydrogen) atoms. The normalized spacial score (nSPS) is 31.9. The quantitative estimate of drug-likeness (QED) is 0.714. The Kier molecular flexibility index (Phi) is 2.63. The minimum absolute atomic E-state index is 0.127. The molecule has 2 unspecified atom stereocenters. The Morgan fingerprint density at radius 2 is 2.43 bits per heavy atom. The number of carbonyl (C=O) groups is 1. The van der Waals surface area contributed by atoms with Crippen molar-refractivity contribution in [3.8, 4) is 0 Å². The lowest BCUT2D eigenvalue weighted by Gasteiger charge is -2.29. The molecule has 0 aromatic heterocycles. The molecule has 4 nitrogen and oxygen atoms in total. The molecule has 0 radical (unpaired) electrons. The van der Waals surface area contributed by atoms with E-state index < -0.39 is 0 Å². The molecule has 0 aromatic rings. The van der Waals surface area contributed by atoms with Gasteiger partial charge in [0.05, 0.1) is 6.04 Å². The number of piperidine rings is 1. The minimum atomic E-state index is -0.127. The third kappa shape index (κ3) is 1.71. The maximum absolute atomic E-state index is 11.6. The van der Waals surface area contributed by atoms with Crippen LogP contribution in [0.25, 0.3) is 0 Å². The van der Waals surface area contributed by atoms with Gasteiger partial charge in [-0.25, -0.2) is 4.79 Å². The fourth-order valence-corrected chi connectivity index (χ4v) is 2.20. The molecule has 2 aliphatic rings. The summed E-state index contributed by atoms with van der Waals surface area (Å²) in [6.45, 7) is 6.89. The summed E-state index contributed by atoms with van der Waals surface area (Å²) >= 11 is 0. The van der Waals surface area contributed by atoms with E-state index in [1.165, 1.54) is 0 Å². The van der Waals surface area contributed by atoms with Crippen molar-refractivity contribution in [2.24, 2.45) is 5.92 Å². The topological polar surface area (TPSA) is 41.6 Å². The summed E-state index contributed by atoms with van der Waals surface area (Å²) in [7, 11) is 0. The van der Waals surface area contributed by atoms with Gasteiger partial charge in [-0.1, -0.05) is 13.8 Å². The summed E-state index contributed by atoms with van der Waals surface area (Å²) < 4.78 is 5.33. The molecular weight excluding hydrogens is 180 g/mol. The largest absolute Gasteiger partial charge is 0.444 e. The second-order valence-electron chi connectivity index (χ2n) is 4.53. The van der Waals surface area contributed by atoms with Gasteiger partial charge in [-0.05, 0) is 18.9 Å². The van der Waals surface area contributed by atoms with Crippen LogP contribution in [0.15, 0.2) is 0 Å². The van der Waals surface area contributed by atoms with Crippen molar-refractivity contribution in [3.63, 3.8) is 0 Å². The Morgan fingerprint density at radius 3 is 3.14 bits per heavy atom. The number of nitrogens with one attached hydrogen (secondary N) is 1. The Balaban J connectivity index is 2.04. The average Bonchev–Trinajstić information content (AvgIpc) is 2.43. The van der Waals surface area contributed by atoms with E-state index in [-0.39, 0.29) is 18.2 Å². The Morgan fingerprint density at radius 1 is 1.64 bits per heavy atom. The van der Waals surface area contributed by atoms with Gasteiger partial charge in [0.1, 0.15) is 6.10 Å². The van der Waals surface area contributed by atoms with E-state index in [0.717, 1.165) is 26.1 Å². The van der Waals surface area contributed by atoms with Gasteiger partial charge in [-0.3, -0.25) is 4.90 Å². The van der Waals surface area contributed by atoms with Crippen LogP contribution < -0.4 is 5.32 Å². The van der Waals surface area contributed by atoms with E-state index in [2.05, 4.69) is 19.2 Å². The van der Waals surface area contributed by atoms with E-state index in [1.54, 1.807) is 0 Å². The first kappa shape index (κ1) is 9.77. The van der Waals surface area contributed by atoms with Crippen molar-refractivity contribution < 1.29 is 9.53 Å². The highest BCUT2D eigenvalue weighted by Crippen LogP contribution is 2.24. The molecule has 2 rings (SSSR count). The average molecular weight is 198 g/mol. The van der Waals surface area contributed by atoms with Crippen LogP contribution in [0, 0.1) is 5.92 Å². The van der Waals surface area contributed by atoms with Gasteiger partial charge in [0, 0.05) is 13.1 Å². The summed E-state index contributed by atoms with van der Waals surface area (Å²) in [6.07, 6.45) is 0.949. The van der Waals surface area contributed by atoms with Crippen LogP contribution in [0.4, 0.5) is 4.79 Å². The van der Waals surface area contributed by atoms with Crippen LogP contribution in [0.3, 0.4) is 0 Å². The number of nitrogens with zero attached hydrogens (tertiary/aromatic N) is 1. The summed E-state index contributed by atoms with van der Waals surface area (Å²) in [6, 6.07) is 0.263. The van der Waals surface area contributed by atoms with E-state index in [4.69, 9.17) is 4.74 Å². The van der Waals surface area contributed by atoms with Gasteiger partial charge in [0.15, 0.2) is 0 Å². The van der Waals surface area contributed by atoms with Crippen molar-refractivity contribution in [2.75, 3.05) is 19.6 Å². The number of ether oxygens (including phenoxy) is 1. The van der Waals surface area contributed by atoms with E-state index in [1.807, 2.05) is 4.90 Å². The van der Waals surface area contributed by atoms with Crippen molar-refractivity contribution in [2.45, 2.75) is 32.4 Å². The molecule has 1 amide bonds. The number of rotatable bonds is 2. The van der Waals surface area contributed by atoms with Crippen LogP contribution in [0.2, 0.25) is 0 Å². The molecule has 0 bridgehead atoms. The monoisotopic (exact) mass is 198 g/mol. The number of fused-ring (bicyclic) bond motifs is 1. The first-order valence-corrected chi connectivity index (χ1v) is 5.36. The zero-order valence-electron chi connectivity index (χ0n) is 8.82. The van der Waals surface area contributed by atoms with Crippen LogP contribution in [-0.4, -0.2) is 42.8 Å². The molecule has 0 saturated carbocycles. The number of hydrogen-bond donors (Lipinski definition) is 1. The number of carbonyl (C=O) groups excluding carboxylic acids is 1. The summed E-state index contributed by atoms with van der Waals surface area (Å²) in [5.41, 5.74) is 0. The molecule has 2 fully saturated rings. The molecule has 2 heterocycles. The highest BCUT2D eigenvalue weighted by atomic mass is 16.6. The molecular formula is C10H18N2O2. The first-order valence-electron chi connectivity index (χ1n) is 5.36. The molecule has 1 N–H and O–H groups in total. The third-order valence-electron chi connectivity index (χ3n) is 2.84. The van der Waals surface area contributed by atoms with Gasteiger partial charge in [0.25, 0.3) is 0 Å². The fourth-order valence-electron chi connectivity index (χ4n) is 2.20. The second-order valence-corrected chi connectivity index (χ2v) is 4.53. The predicted octanol–water partition coefficient (Wildman–Crippen LogP) is 0.825. The molecule has 2 atom stereocenters. The highest BCUT2D eigenvalue weighted by Gasteiger charge is 2.42. The molecule has 2 aliphatic heterocycles. The Bertz CT molecular complexity index is 230. The SMILES string of the molecule is CC(C)CN1C(=O)OC2CCNCC21. The smallest absolute Gasteiger partial charge is 0.410 e. The van der Waals surface area contributed by atoms with Gasteiger partial charge < -0.3 is 10.1 Å². The van der Waals surface area contributed by atoms with Crippen LogP contribution >= 0.6 is 0 Å². The minimum Gasteiger partial charge on any atom is -0.444 e. The summed E-state index contributed by atoms with van der Waals surface area (Å²) in [5.74, 6) is 0.503. The molecule has 2 saturated heterocycles. The zero-order valence-corrected chi connectivity index (χ0v) is 8.82. The van der Waals surface area contributed by atoms with E-state index in [9.17, 15) is 4.79 Å². The summed E-state index contributed by atoms with van der Waals surface area (Å²) in [4.78, 5) is 13.4. The lowest BCUT2D eigenvalue weighted by atomic mass is 10.0. The summed E-state index contributed by atoms with van der Waals surface area (Å²) in [5, 5.41) is 3.31. The van der Waals surface area contributed by atoms with E-state index in [0.29, 0.717) is 5.92 Å². The molecule has 80 valence electrons. The second kappa shape index (κ2) is 3.77. The predicted molar refractivity (Wildman–Crippen MR) is 53.1 cm³/mol. The van der Waals surface area contributed by atoms with Crippen molar-refractivity contribution in [3.05, 3.63) is 0 Å². The lowest BCUT2D eigenvalue weighted by Crippen LogP contribution is -2.49. The van der Waals surface area contributed by atoms with Crippen molar-refractivity contribution in [1.82, 2.24) is 10.2 Å². The van der Waals surface area contributed by atoms with Crippen LogP contribution in [-0.2, 0) is 4.74 Å². The van der Waals surface area contributed by atoms with Gasteiger partial charge >= 0.3 is 6.09 Å². The van der Waals surface area contributed by atoms with Crippen LogP contribution in [0.1, 0.15) is 20.3 Å². The maximum atomic E-state index is 11.6. The maximum Gasteiger partial charge on any atom is 0.410 e. The van der Waals surface area contributed by atoms with Gasteiger partial charge in [0.2, 0.25) is 0 Å². The Labute approximate surface area is 84.6 Å². The molecule has 0 spiro atoms. The molecule has 4 heteroatoms. The van der Waals surface area contributed by atoms with Gasteiger partial charge in [-0.15, -0.1) is 0 Å². The number of hydrogen-bond acceptors (Lipinski definition) is 3. The van der Waals surface area contributed by atoms with Gasteiger partial charge in [-0.2, -0.15) is 0 Å². The highest BCUT2D eigenvalue weighted by molar-refractivity contribution is 5.70. The zero-order chi connectivity index (χ0) is 10.1.